The molecular weight excluding hydrogens is 250 g/mol. The van der Waals surface area contributed by atoms with E-state index in [0.717, 1.165) is 18.9 Å². The van der Waals surface area contributed by atoms with Gasteiger partial charge in [0.25, 0.3) is 0 Å². The van der Waals surface area contributed by atoms with E-state index in [-0.39, 0.29) is 0 Å². The van der Waals surface area contributed by atoms with E-state index in [1.807, 2.05) is 30.3 Å². The number of methoxy groups -OCH3 is 1. The Morgan fingerprint density at radius 2 is 1.85 bits per heavy atom. The highest BCUT2D eigenvalue weighted by molar-refractivity contribution is 5.42. The van der Waals surface area contributed by atoms with Crippen LogP contribution in [0.3, 0.4) is 0 Å². The zero-order valence-electron chi connectivity index (χ0n) is 12.0. The van der Waals surface area contributed by atoms with Crippen molar-refractivity contribution in [2.75, 3.05) is 18.6 Å². The first-order valence-corrected chi connectivity index (χ1v) is 6.81. The second-order valence-corrected chi connectivity index (χ2v) is 4.53. The molecule has 0 spiro atoms. The molecule has 1 heterocycles. The van der Waals surface area contributed by atoms with Crippen molar-refractivity contribution >= 4 is 5.82 Å². The molecule has 0 radical (unpaired) electrons. The van der Waals surface area contributed by atoms with Gasteiger partial charge in [0.15, 0.2) is 0 Å². The predicted molar refractivity (Wildman–Crippen MR) is 81.8 cm³/mol. The Hall–Kier alpha value is -2.07. The number of anilines is 1. The summed E-state index contributed by atoms with van der Waals surface area (Å²) < 4.78 is 5.19. The Kier molecular flexibility index (Phi) is 4.96. The molecule has 0 atom stereocenters. The monoisotopic (exact) mass is 271 g/mol. The van der Waals surface area contributed by atoms with Crippen LogP contribution in [0.15, 0.2) is 42.5 Å². The van der Waals surface area contributed by atoms with E-state index in [4.69, 9.17) is 10.5 Å². The second-order valence-electron chi connectivity index (χ2n) is 4.53. The molecule has 1 aromatic carbocycles. The number of pyridine rings is 1. The van der Waals surface area contributed by atoms with Gasteiger partial charge in [0.05, 0.1) is 7.11 Å². The van der Waals surface area contributed by atoms with Crippen molar-refractivity contribution in [3.05, 3.63) is 53.6 Å². The summed E-state index contributed by atoms with van der Waals surface area (Å²) in [5.41, 5.74) is 8.21. The van der Waals surface area contributed by atoms with Crippen LogP contribution < -0.4 is 15.4 Å². The molecule has 0 fully saturated rings. The zero-order valence-corrected chi connectivity index (χ0v) is 12.0. The number of nitrogens with two attached hydrogens (primary N) is 1. The topological polar surface area (TPSA) is 51.4 Å². The molecule has 0 amide bonds. The summed E-state index contributed by atoms with van der Waals surface area (Å²) in [6.07, 6.45) is 0. The maximum atomic E-state index is 5.80. The summed E-state index contributed by atoms with van der Waals surface area (Å²) in [5.74, 6) is 1.55. The van der Waals surface area contributed by atoms with E-state index >= 15 is 0 Å². The zero-order chi connectivity index (χ0) is 14.4. The number of benzene rings is 1. The lowest BCUT2D eigenvalue weighted by molar-refractivity contribution is 0.398. The first-order chi connectivity index (χ1) is 9.78. The number of rotatable bonds is 6. The highest BCUT2D eigenvalue weighted by Crippen LogP contribution is 2.19. The molecule has 0 bridgehead atoms. The lowest BCUT2D eigenvalue weighted by Gasteiger charge is -2.23. The van der Waals surface area contributed by atoms with Gasteiger partial charge in [-0.15, -0.1) is 0 Å². The van der Waals surface area contributed by atoms with E-state index in [1.165, 1.54) is 11.1 Å². The van der Waals surface area contributed by atoms with Gasteiger partial charge in [-0.25, -0.2) is 0 Å². The second kappa shape index (κ2) is 6.91. The van der Waals surface area contributed by atoms with Crippen molar-refractivity contribution in [3.63, 3.8) is 0 Å². The number of nitrogens with zero attached hydrogens (tertiary/aromatic N) is 2. The number of hydrogen-bond donors (Lipinski definition) is 1. The molecule has 0 aliphatic carbocycles. The molecule has 0 aliphatic heterocycles. The molecule has 2 N–H and O–H groups in total. The number of aromatic nitrogens is 1. The van der Waals surface area contributed by atoms with Gasteiger partial charge >= 0.3 is 0 Å². The molecule has 0 saturated heterocycles. The fourth-order valence-electron chi connectivity index (χ4n) is 2.17. The van der Waals surface area contributed by atoms with Gasteiger partial charge in [-0.05, 0) is 24.1 Å². The lowest BCUT2D eigenvalue weighted by Crippen LogP contribution is -2.24. The van der Waals surface area contributed by atoms with E-state index in [2.05, 4.69) is 28.9 Å². The van der Waals surface area contributed by atoms with Crippen LogP contribution in [0.1, 0.15) is 18.1 Å². The minimum absolute atomic E-state index is 0.555. The average Bonchev–Trinajstić information content (AvgIpc) is 2.53. The van der Waals surface area contributed by atoms with Crippen LogP contribution in [0.5, 0.6) is 5.88 Å². The van der Waals surface area contributed by atoms with Gasteiger partial charge in [0.1, 0.15) is 5.82 Å². The van der Waals surface area contributed by atoms with E-state index in [0.29, 0.717) is 12.4 Å². The molecule has 0 aliphatic rings. The molecule has 0 saturated carbocycles. The fraction of sp³-hybridized carbons (Fsp3) is 0.312. The summed E-state index contributed by atoms with van der Waals surface area (Å²) in [7, 11) is 1.63. The van der Waals surface area contributed by atoms with Crippen LogP contribution in [0.25, 0.3) is 0 Å². The van der Waals surface area contributed by atoms with Crippen molar-refractivity contribution in [3.8, 4) is 5.88 Å². The SMILES string of the molecule is CCN(Cc1ccccc1CN)c1cccc(OC)n1. The largest absolute Gasteiger partial charge is 0.481 e. The smallest absolute Gasteiger partial charge is 0.214 e. The van der Waals surface area contributed by atoms with Gasteiger partial charge in [0, 0.05) is 25.7 Å². The first-order valence-electron chi connectivity index (χ1n) is 6.81. The Bertz CT molecular complexity index is 557. The van der Waals surface area contributed by atoms with Crippen molar-refractivity contribution in [1.82, 2.24) is 4.98 Å². The van der Waals surface area contributed by atoms with Crippen LogP contribution in [-0.4, -0.2) is 18.6 Å². The third-order valence-corrected chi connectivity index (χ3v) is 3.32. The molecule has 1 aromatic heterocycles. The van der Waals surface area contributed by atoms with Crippen molar-refractivity contribution in [1.29, 1.82) is 0 Å². The third kappa shape index (κ3) is 3.27. The average molecular weight is 271 g/mol. The Balaban J connectivity index is 2.24. The van der Waals surface area contributed by atoms with Crippen molar-refractivity contribution < 1.29 is 4.74 Å². The third-order valence-electron chi connectivity index (χ3n) is 3.32. The molecule has 20 heavy (non-hydrogen) atoms. The minimum Gasteiger partial charge on any atom is -0.481 e. The van der Waals surface area contributed by atoms with Crippen LogP contribution in [0.4, 0.5) is 5.82 Å². The van der Waals surface area contributed by atoms with E-state index in [1.54, 1.807) is 7.11 Å². The van der Waals surface area contributed by atoms with Gasteiger partial charge in [0.2, 0.25) is 5.88 Å². The Labute approximate surface area is 120 Å². The summed E-state index contributed by atoms with van der Waals surface area (Å²) in [5, 5.41) is 0. The van der Waals surface area contributed by atoms with Gasteiger partial charge in [-0.1, -0.05) is 30.3 Å². The van der Waals surface area contributed by atoms with E-state index in [9.17, 15) is 0 Å². The van der Waals surface area contributed by atoms with Crippen molar-refractivity contribution in [2.45, 2.75) is 20.0 Å². The van der Waals surface area contributed by atoms with Crippen molar-refractivity contribution in [2.24, 2.45) is 5.73 Å². The Morgan fingerprint density at radius 3 is 2.50 bits per heavy atom. The van der Waals surface area contributed by atoms with Crippen LogP contribution in [0, 0.1) is 0 Å². The summed E-state index contributed by atoms with van der Waals surface area (Å²) in [4.78, 5) is 6.69. The fourth-order valence-corrected chi connectivity index (χ4v) is 2.17. The summed E-state index contributed by atoms with van der Waals surface area (Å²) in [6.45, 7) is 4.34. The van der Waals surface area contributed by atoms with Crippen LogP contribution in [0.2, 0.25) is 0 Å². The summed E-state index contributed by atoms with van der Waals surface area (Å²) >= 11 is 0. The predicted octanol–water partition coefficient (Wildman–Crippen LogP) is 2.58. The number of hydrogen-bond acceptors (Lipinski definition) is 4. The molecule has 4 heteroatoms. The van der Waals surface area contributed by atoms with Gasteiger partial charge in [-0.3, -0.25) is 0 Å². The van der Waals surface area contributed by atoms with E-state index < -0.39 is 0 Å². The Morgan fingerprint density at radius 1 is 1.10 bits per heavy atom. The van der Waals surface area contributed by atoms with Gasteiger partial charge in [-0.2, -0.15) is 4.98 Å². The number of ether oxygens (including phenoxy) is 1. The molecule has 106 valence electrons. The van der Waals surface area contributed by atoms with Crippen LogP contribution >= 0.6 is 0 Å². The molecule has 4 nitrogen and oxygen atoms in total. The van der Waals surface area contributed by atoms with Crippen LogP contribution in [-0.2, 0) is 13.1 Å². The molecule has 2 aromatic rings. The molecule has 0 unspecified atom stereocenters. The normalized spacial score (nSPS) is 10.3. The first kappa shape index (κ1) is 14.3. The minimum atomic E-state index is 0.555. The molecular formula is C16H21N3O. The summed E-state index contributed by atoms with van der Waals surface area (Å²) in [6, 6.07) is 14.1. The lowest BCUT2D eigenvalue weighted by atomic mass is 10.1. The highest BCUT2D eigenvalue weighted by Gasteiger charge is 2.09. The standard InChI is InChI=1S/C16H21N3O/c1-3-19(15-9-6-10-16(18-15)20-2)12-14-8-5-4-7-13(14)11-17/h4-10H,3,11-12,17H2,1-2H3. The van der Waals surface area contributed by atoms with Gasteiger partial charge < -0.3 is 15.4 Å². The highest BCUT2D eigenvalue weighted by atomic mass is 16.5. The quantitative estimate of drug-likeness (QED) is 0.877. The maximum Gasteiger partial charge on any atom is 0.214 e. The maximum absolute atomic E-state index is 5.80. The molecule has 2 rings (SSSR count).